The Morgan fingerprint density at radius 1 is 0.929 bits per heavy atom. The molecular formula is C23H23ClFNO2. The van der Waals surface area contributed by atoms with Gasteiger partial charge in [-0.25, -0.2) is 4.39 Å². The fourth-order valence-electron chi connectivity index (χ4n) is 2.86. The van der Waals surface area contributed by atoms with Gasteiger partial charge in [0.05, 0.1) is 7.11 Å². The quantitative estimate of drug-likeness (QED) is 0.529. The average Bonchev–Trinajstić information content (AvgIpc) is 2.70. The lowest BCUT2D eigenvalue weighted by Crippen LogP contribution is -2.13. The van der Waals surface area contributed by atoms with E-state index in [2.05, 4.69) is 18.3 Å². The van der Waals surface area contributed by atoms with Crippen LogP contribution in [0.1, 0.15) is 22.3 Å². The average molecular weight is 400 g/mol. The molecule has 28 heavy (non-hydrogen) atoms. The van der Waals surface area contributed by atoms with E-state index in [1.165, 1.54) is 17.7 Å². The van der Waals surface area contributed by atoms with Crippen molar-refractivity contribution in [2.45, 2.75) is 26.6 Å². The first-order valence-electron chi connectivity index (χ1n) is 9.05. The fraction of sp³-hybridized carbons (Fsp3) is 0.217. The Labute approximate surface area is 170 Å². The highest BCUT2D eigenvalue weighted by Gasteiger charge is 2.11. The van der Waals surface area contributed by atoms with Crippen LogP contribution in [0, 0.1) is 12.7 Å². The van der Waals surface area contributed by atoms with E-state index in [-0.39, 0.29) is 5.82 Å². The Morgan fingerprint density at radius 2 is 1.68 bits per heavy atom. The molecule has 0 radical (unpaired) electrons. The number of rotatable bonds is 8. The standard InChI is InChI=1S/C23H23ClFNO2/c1-16-5-3-4-6-18(16)15-28-23-12-21(24)19(11-22(23)27-2)14-26-13-17-7-9-20(25)10-8-17/h3-12,26H,13-15H2,1-2H3. The van der Waals surface area contributed by atoms with Crippen molar-refractivity contribution in [3.63, 3.8) is 0 Å². The molecule has 0 bridgehead atoms. The second-order valence-electron chi connectivity index (χ2n) is 6.54. The third-order valence-corrected chi connectivity index (χ3v) is 4.89. The van der Waals surface area contributed by atoms with Crippen LogP contribution in [0.3, 0.4) is 0 Å². The summed E-state index contributed by atoms with van der Waals surface area (Å²) in [5.74, 6) is 1.01. The van der Waals surface area contributed by atoms with Crippen molar-refractivity contribution >= 4 is 11.6 Å². The predicted molar refractivity (Wildman–Crippen MR) is 110 cm³/mol. The third-order valence-electron chi connectivity index (χ3n) is 4.53. The minimum absolute atomic E-state index is 0.238. The van der Waals surface area contributed by atoms with Gasteiger partial charge in [0.15, 0.2) is 11.5 Å². The van der Waals surface area contributed by atoms with Crippen molar-refractivity contribution in [1.29, 1.82) is 0 Å². The molecule has 0 aliphatic carbocycles. The van der Waals surface area contributed by atoms with Crippen molar-refractivity contribution in [1.82, 2.24) is 5.32 Å². The monoisotopic (exact) mass is 399 g/mol. The third kappa shape index (κ3) is 5.24. The molecule has 0 spiro atoms. The highest BCUT2D eigenvalue weighted by molar-refractivity contribution is 6.31. The molecule has 5 heteroatoms. The lowest BCUT2D eigenvalue weighted by atomic mass is 10.1. The molecule has 0 aliphatic rings. The van der Waals surface area contributed by atoms with Crippen LogP contribution in [0.4, 0.5) is 4.39 Å². The molecule has 0 atom stereocenters. The Balaban J connectivity index is 1.65. The molecule has 0 amide bonds. The Kier molecular flexibility index (Phi) is 6.90. The molecule has 0 heterocycles. The highest BCUT2D eigenvalue weighted by Crippen LogP contribution is 2.34. The van der Waals surface area contributed by atoms with Gasteiger partial charge in [-0.1, -0.05) is 48.0 Å². The molecule has 3 nitrogen and oxygen atoms in total. The number of benzene rings is 3. The van der Waals surface area contributed by atoms with Crippen LogP contribution in [-0.4, -0.2) is 7.11 Å². The van der Waals surface area contributed by atoms with Crippen molar-refractivity contribution in [3.05, 3.63) is 93.8 Å². The number of ether oxygens (including phenoxy) is 2. The topological polar surface area (TPSA) is 30.5 Å². The zero-order valence-corrected chi connectivity index (χ0v) is 16.7. The van der Waals surface area contributed by atoms with E-state index in [4.69, 9.17) is 21.1 Å². The summed E-state index contributed by atoms with van der Waals surface area (Å²) in [6.45, 7) is 3.68. The van der Waals surface area contributed by atoms with Crippen molar-refractivity contribution in [2.24, 2.45) is 0 Å². The van der Waals surface area contributed by atoms with Gasteiger partial charge in [-0.2, -0.15) is 0 Å². The number of halogens is 2. The van der Waals surface area contributed by atoms with Gasteiger partial charge in [0.25, 0.3) is 0 Å². The van der Waals surface area contributed by atoms with Gasteiger partial charge in [0, 0.05) is 24.2 Å². The van der Waals surface area contributed by atoms with Crippen LogP contribution in [-0.2, 0) is 19.7 Å². The Bertz CT molecular complexity index is 928. The van der Waals surface area contributed by atoms with Crippen molar-refractivity contribution < 1.29 is 13.9 Å². The van der Waals surface area contributed by atoms with Crippen LogP contribution in [0.25, 0.3) is 0 Å². The smallest absolute Gasteiger partial charge is 0.163 e. The summed E-state index contributed by atoms with van der Waals surface area (Å²) in [5.41, 5.74) is 4.20. The maximum Gasteiger partial charge on any atom is 0.163 e. The number of nitrogens with one attached hydrogen (secondary N) is 1. The molecule has 3 rings (SSSR count). The molecule has 0 saturated carbocycles. The first-order chi connectivity index (χ1) is 13.6. The molecule has 0 aliphatic heterocycles. The van der Waals surface area contributed by atoms with Crippen LogP contribution in [0.15, 0.2) is 60.7 Å². The number of aryl methyl sites for hydroxylation is 1. The van der Waals surface area contributed by atoms with Gasteiger partial charge in [-0.15, -0.1) is 0 Å². The summed E-state index contributed by atoms with van der Waals surface area (Å²) >= 11 is 6.45. The maximum atomic E-state index is 13.0. The summed E-state index contributed by atoms with van der Waals surface area (Å²) in [6, 6.07) is 18.2. The Hall–Kier alpha value is -2.56. The van der Waals surface area contributed by atoms with Crippen LogP contribution >= 0.6 is 11.6 Å². The van der Waals surface area contributed by atoms with E-state index in [1.54, 1.807) is 25.3 Å². The van der Waals surface area contributed by atoms with Gasteiger partial charge < -0.3 is 14.8 Å². The van der Waals surface area contributed by atoms with Gasteiger partial charge in [0.1, 0.15) is 12.4 Å². The van der Waals surface area contributed by atoms with E-state index in [0.717, 1.165) is 16.7 Å². The second kappa shape index (κ2) is 9.58. The normalized spacial score (nSPS) is 10.7. The summed E-state index contributed by atoms with van der Waals surface area (Å²) in [6.07, 6.45) is 0. The zero-order valence-electron chi connectivity index (χ0n) is 16.0. The summed E-state index contributed by atoms with van der Waals surface area (Å²) < 4.78 is 24.4. The minimum atomic E-state index is -0.238. The molecule has 3 aromatic carbocycles. The van der Waals surface area contributed by atoms with E-state index in [0.29, 0.717) is 36.2 Å². The van der Waals surface area contributed by atoms with E-state index in [1.807, 2.05) is 24.3 Å². The predicted octanol–water partition coefficient (Wildman–Crippen LogP) is 5.66. The maximum absolute atomic E-state index is 13.0. The largest absolute Gasteiger partial charge is 0.493 e. The SMILES string of the molecule is COc1cc(CNCc2ccc(F)cc2)c(Cl)cc1OCc1ccccc1C. The van der Waals surface area contributed by atoms with Crippen LogP contribution in [0.2, 0.25) is 5.02 Å². The number of hydrogen-bond donors (Lipinski definition) is 1. The molecular weight excluding hydrogens is 377 g/mol. The van der Waals surface area contributed by atoms with E-state index >= 15 is 0 Å². The number of hydrogen-bond acceptors (Lipinski definition) is 3. The summed E-state index contributed by atoms with van der Waals surface area (Å²) in [5, 5.41) is 3.91. The molecule has 1 N–H and O–H groups in total. The molecule has 0 fully saturated rings. The fourth-order valence-corrected chi connectivity index (χ4v) is 3.08. The van der Waals surface area contributed by atoms with Gasteiger partial charge >= 0.3 is 0 Å². The minimum Gasteiger partial charge on any atom is -0.493 e. The molecule has 0 aromatic heterocycles. The first kappa shape index (κ1) is 20.2. The molecule has 3 aromatic rings. The Morgan fingerprint density at radius 3 is 2.39 bits per heavy atom. The van der Waals surface area contributed by atoms with Crippen molar-refractivity contribution in [3.8, 4) is 11.5 Å². The molecule has 146 valence electrons. The van der Waals surface area contributed by atoms with Crippen LogP contribution < -0.4 is 14.8 Å². The lowest BCUT2D eigenvalue weighted by Gasteiger charge is -2.15. The van der Waals surface area contributed by atoms with Gasteiger partial charge in [0.2, 0.25) is 0 Å². The highest BCUT2D eigenvalue weighted by atomic mass is 35.5. The number of methoxy groups -OCH3 is 1. The summed E-state index contributed by atoms with van der Waals surface area (Å²) in [4.78, 5) is 0. The lowest BCUT2D eigenvalue weighted by molar-refractivity contribution is 0.283. The van der Waals surface area contributed by atoms with Gasteiger partial charge in [-0.05, 0) is 47.4 Å². The second-order valence-corrected chi connectivity index (χ2v) is 6.95. The zero-order chi connectivity index (χ0) is 19.9. The summed E-state index contributed by atoms with van der Waals surface area (Å²) in [7, 11) is 1.61. The molecule has 0 saturated heterocycles. The van der Waals surface area contributed by atoms with Gasteiger partial charge in [-0.3, -0.25) is 0 Å². The van der Waals surface area contributed by atoms with Crippen LogP contribution in [0.5, 0.6) is 11.5 Å². The van der Waals surface area contributed by atoms with E-state index in [9.17, 15) is 4.39 Å². The molecule has 0 unspecified atom stereocenters. The first-order valence-corrected chi connectivity index (χ1v) is 9.43. The van der Waals surface area contributed by atoms with E-state index < -0.39 is 0 Å². The van der Waals surface area contributed by atoms with Crippen molar-refractivity contribution in [2.75, 3.05) is 7.11 Å².